The van der Waals surface area contributed by atoms with Crippen molar-refractivity contribution in [1.82, 2.24) is 0 Å². The van der Waals surface area contributed by atoms with E-state index in [4.69, 9.17) is 14.7 Å². The summed E-state index contributed by atoms with van der Waals surface area (Å²) in [6, 6.07) is 8.54. The highest BCUT2D eigenvalue weighted by atomic mass is 32.2. The molecule has 6 rings (SSSR count). The van der Waals surface area contributed by atoms with E-state index >= 15 is 0 Å². The Morgan fingerprint density at radius 1 is 0.740 bits per heavy atom. The van der Waals surface area contributed by atoms with E-state index in [2.05, 4.69) is 50.5 Å². The second kappa shape index (κ2) is 22.4. The number of azo groups is 3. The predicted molar refractivity (Wildman–Crippen MR) is 245 cm³/mol. The molecule has 10 N–H and O–H groups in total. The average molecular weight is 1100 g/mol. The van der Waals surface area contributed by atoms with Crippen LogP contribution in [0, 0.1) is 0 Å². The number of rotatable bonds is 21. The van der Waals surface area contributed by atoms with Crippen molar-refractivity contribution in [2.75, 3.05) is 36.8 Å². The van der Waals surface area contributed by atoms with Gasteiger partial charge in [-0.25, -0.2) is 10.1 Å². The minimum Gasteiger partial charge on any atom is -0.505 e. The lowest BCUT2D eigenvalue weighted by molar-refractivity contribution is -0.432. The molecular formula is C38H33N9O22S4. The number of carbonyl (C=O) groups excluding carboxylic acids is 2. The molecule has 1 heterocycles. The number of hydrogen-bond acceptors (Lipinski definition) is 26. The summed E-state index contributed by atoms with van der Waals surface area (Å²) >= 11 is 0.105. The minimum absolute atomic E-state index is 0.0912. The Kier molecular flexibility index (Phi) is 16.8. The monoisotopic (exact) mass is 1100 g/mol. The second-order valence-corrected chi connectivity index (χ2v) is 19.1. The van der Waals surface area contributed by atoms with Crippen molar-refractivity contribution >= 4 is 116 Å². The highest BCUT2D eigenvalue weighted by Crippen LogP contribution is 2.52. The number of carboxylic acids is 1. The molecule has 73 heavy (non-hydrogen) atoms. The molecule has 2 amide bonds. The van der Waals surface area contributed by atoms with Crippen LogP contribution in [0.4, 0.5) is 39.8 Å². The molecule has 0 aromatic heterocycles. The fourth-order valence-electron chi connectivity index (χ4n) is 6.27. The van der Waals surface area contributed by atoms with Gasteiger partial charge in [-0.15, -0.1) is 24.8 Å². The van der Waals surface area contributed by atoms with Crippen molar-refractivity contribution in [2.24, 2.45) is 35.8 Å². The van der Waals surface area contributed by atoms with Crippen molar-refractivity contribution < 1.29 is 103 Å². The topological polar surface area (TPSA) is 474 Å². The number of aliphatic hydroxyl groups excluding tert-OH is 2. The van der Waals surface area contributed by atoms with Crippen LogP contribution in [0.2, 0.25) is 0 Å². The van der Waals surface area contributed by atoms with Crippen LogP contribution in [0.25, 0.3) is 10.8 Å². The highest BCUT2D eigenvalue weighted by molar-refractivity contribution is 7.94. The van der Waals surface area contributed by atoms with Crippen molar-refractivity contribution in [3.63, 3.8) is 0 Å². The summed E-state index contributed by atoms with van der Waals surface area (Å²) in [5.41, 5.74) is -4.29. The van der Waals surface area contributed by atoms with Gasteiger partial charge in [0.05, 0.1) is 46.1 Å². The van der Waals surface area contributed by atoms with E-state index in [1.54, 1.807) is 0 Å². The third-order valence-corrected chi connectivity index (χ3v) is 12.5. The fraction of sp³-hybridized carbons (Fsp3) is 0.158. The molecule has 1 atom stereocenters. The van der Waals surface area contributed by atoms with Crippen molar-refractivity contribution in [3.8, 4) is 23.0 Å². The number of carboxylic acid groups (broad SMARTS) is 1. The minimum atomic E-state index is -5.40. The Morgan fingerprint density at radius 2 is 1.32 bits per heavy atom. The number of aliphatic carboxylic acids is 1. The quantitative estimate of drug-likeness (QED) is 0.0154. The molecule has 0 fully saturated rings. The van der Waals surface area contributed by atoms with Crippen molar-refractivity contribution in [3.05, 3.63) is 66.7 Å². The fourth-order valence-corrected chi connectivity index (χ4v) is 8.55. The normalized spacial score (nSPS) is 14.5. The molecule has 1 unspecified atom stereocenters. The van der Waals surface area contributed by atoms with Crippen LogP contribution in [0.5, 0.6) is 23.0 Å². The van der Waals surface area contributed by atoms with E-state index < -0.39 is 157 Å². The van der Waals surface area contributed by atoms with Crippen LogP contribution in [-0.2, 0) is 54.1 Å². The van der Waals surface area contributed by atoms with E-state index in [0.717, 1.165) is 61.5 Å². The van der Waals surface area contributed by atoms with E-state index in [1.165, 1.54) is 6.07 Å². The molecule has 5 aromatic carbocycles. The first-order valence-corrected chi connectivity index (χ1v) is 24.6. The van der Waals surface area contributed by atoms with Crippen LogP contribution in [-0.4, -0.2) is 126 Å². The Labute approximate surface area is 412 Å². The third-order valence-electron chi connectivity index (χ3n) is 9.28. The molecular weight excluding hydrogens is 1060 g/mol. The van der Waals surface area contributed by atoms with Gasteiger partial charge in [0.15, 0.2) is 17.2 Å². The molecule has 31 nitrogen and oxygen atoms in total. The summed E-state index contributed by atoms with van der Waals surface area (Å²) in [6.45, 7) is -1.11. The molecule has 1 aliphatic heterocycles. The van der Waals surface area contributed by atoms with Crippen LogP contribution in [0.15, 0.2) is 122 Å². The summed E-state index contributed by atoms with van der Waals surface area (Å²) in [7, 11) is -15.1. The maximum Gasteiger partial charge on any atom is 0.355 e. The zero-order valence-corrected chi connectivity index (χ0v) is 39.6. The van der Waals surface area contributed by atoms with Gasteiger partial charge in [0.1, 0.15) is 62.9 Å². The molecule has 0 radical (unpaired) electrons. The number of benzene rings is 5. The van der Waals surface area contributed by atoms with E-state index in [-0.39, 0.29) is 34.9 Å². The maximum atomic E-state index is 13.5. The smallest absolute Gasteiger partial charge is 0.355 e. The number of nitrogens with one attached hydrogen (secondary N) is 1. The van der Waals surface area contributed by atoms with Gasteiger partial charge < -0.3 is 40.3 Å². The summed E-state index contributed by atoms with van der Waals surface area (Å²) in [5.74, 6) is -6.52. The van der Waals surface area contributed by atoms with Gasteiger partial charge in [0.25, 0.3) is 36.3 Å². The first kappa shape index (κ1) is 54.6. The van der Waals surface area contributed by atoms with E-state index in [0.29, 0.717) is 11.1 Å². The van der Waals surface area contributed by atoms with Gasteiger partial charge in [-0.1, -0.05) is 5.04 Å². The summed E-state index contributed by atoms with van der Waals surface area (Å²) in [6.07, 6.45) is 0. The first-order valence-electron chi connectivity index (χ1n) is 19.6. The number of phenols is 2. The van der Waals surface area contributed by atoms with Crippen LogP contribution in [0.3, 0.4) is 0 Å². The Hall–Kier alpha value is -7.68. The van der Waals surface area contributed by atoms with Gasteiger partial charge in [-0.3, -0.25) is 23.2 Å². The number of nitrogens with zero attached hydrogens (tertiary/aromatic N) is 8. The molecule has 0 bridgehead atoms. The number of hydrogen-bond donors (Lipinski definition) is 10. The van der Waals surface area contributed by atoms with Crippen LogP contribution >= 0.6 is 12.0 Å². The standard InChI is InChI=1S/C38H33N9O22S4/c1-17(50)39-19-2-7-22(28(14-19)72(60,61)62)40-43-31-27(70-69-68-56)12-18-13-29(73(63,64)65)32(36(52)30(18)35(31)51)44-41-23-15-26(67-11-9-49)24(16-25(23)66-10-8-48)42-45-33-34(38(54)55)46-47(37(33)53)20-3-5-21(6-4-20)71(57,58)59/h2-7,12-16,33,48-49,51-52,56H,8-11H2,1H3,(H,39,50)(H,54,55)(H,57,58,59)(H,60,61,62)(H,63,64,65). The van der Waals surface area contributed by atoms with Gasteiger partial charge in [-0.2, -0.15) is 45.6 Å². The van der Waals surface area contributed by atoms with Crippen LogP contribution < -0.4 is 19.8 Å². The number of aliphatic hydroxyl groups is 2. The van der Waals surface area contributed by atoms with E-state index in [9.17, 15) is 78.8 Å². The zero-order chi connectivity index (χ0) is 53.6. The number of phenolic OH excluding ortho intramolecular Hbond substituents is 2. The molecule has 0 saturated heterocycles. The maximum absolute atomic E-state index is 13.5. The lowest BCUT2D eigenvalue weighted by atomic mass is 10.1. The van der Waals surface area contributed by atoms with E-state index in [1.807, 2.05) is 0 Å². The summed E-state index contributed by atoms with van der Waals surface area (Å²) in [4.78, 5) is 34.2. The molecule has 1 aliphatic rings. The van der Waals surface area contributed by atoms with Gasteiger partial charge in [-0.05, 0) is 60.0 Å². The Bertz CT molecular complexity index is 3500. The molecule has 386 valence electrons. The Balaban J connectivity index is 1.47. The molecule has 0 spiro atoms. The third kappa shape index (κ3) is 12.7. The number of hydrazone groups is 1. The van der Waals surface area contributed by atoms with Crippen molar-refractivity contribution in [2.45, 2.75) is 32.5 Å². The van der Waals surface area contributed by atoms with Gasteiger partial charge >= 0.3 is 5.97 Å². The second-order valence-electron chi connectivity index (χ2n) is 14.1. The molecule has 0 saturated carbocycles. The highest BCUT2D eigenvalue weighted by Gasteiger charge is 2.41. The van der Waals surface area contributed by atoms with Gasteiger partial charge in [0, 0.05) is 24.7 Å². The molecule has 0 aliphatic carbocycles. The summed E-state index contributed by atoms with van der Waals surface area (Å²) in [5, 5.41) is 93.4. The van der Waals surface area contributed by atoms with Crippen LogP contribution in [0.1, 0.15) is 6.92 Å². The Morgan fingerprint density at radius 3 is 1.86 bits per heavy atom. The lowest BCUT2D eigenvalue weighted by Crippen LogP contribution is -2.33. The first-order chi connectivity index (χ1) is 34.4. The largest absolute Gasteiger partial charge is 0.505 e. The summed E-state index contributed by atoms with van der Waals surface area (Å²) < 4.78 is 118. The number of fused-ring (bicyclic) bond motifs is 1. The number of ether oxygens (including phenoxy) is 2. The lowest BCUT2D eigenvalue weighted by Gasteiger charge is -2.14. The number of aromatic hydroxyl groups is 2. The zero-order valence-electron chi connectivity index (χ0n) is 36.3. The molecule has 5 aromatic rings. The number of carbonyl (C=O) groups is 3. The van der Waals surface area contributed by atoms with Gasteiger partial charge in [0.2, 0.25) is 11.9 Å². The predicted octanol–water partition coefficient (Wildman–Crippen LogP) is 4.89. The number of amides is 2. The SMILES string of the molecule is CC(=O)Nc1ccc(N=Nc2c(SOOO)cc3cc(S(=O)(=O)O)c(N=Nc4cc(OCCO)c(N=NC5C(=O)N(c6ccc(S(=O)(=O)O)cc6)N=C5C(=O)O)cc4OCCO)c(O)c3c2O)c(S(=O)(=O)O)c1. The average Bonchev–Trinajstić information content (AvgIpc) is 3.65. The number of anilines is 2. The van der Waals surface area contributed by atoms with Crippen molar-refractivity contribution in [1.29, 1.82) is 0 Å². The molecule has 35 heteroatoms.